The molecule has 0 aliphatic carbocycles. The predicted molar refractivity (Wildman–Crippen MR) is 59.2 cm³/mol. The number of nitriles is 1. The van der Waals surface area contributed by atoms with Gasteiger partial charge in [0.05, 0.1) is 0 Å². The molecule has 1 aromatic heterocycles. The number of aliphatic carboxylic acids is 1. The zero-order chi connectivity index (χ0) is 12.3. The van der Waals surface area contributed by atoms with E-state index in [1.54, 1.807) is 37.9 Å². The Balaban J connectivity index is 3.09. The molecule has 0 radical (unpaired) electrons. The summed E-state index contributed by atoms with van der Waals surface area (Å²) in [6, 6.07) is 4.63. The summed E-state index contributed by atoms with van der Waals surface area (Å²) in [5.74, 6) is -0.907. The minimum Gasteiger partial charge on any atom is -0.480 e. The van der Waals surface area contributed by atoms with Crippen LogP contribution in [0.4, 0.5) is 5.69 Å². The normalized spacial score (nSPS) is 11.6. The van der Waals surface area contributed by atoms with E-state index in [1.165, 1.54) is 0 Å². The summed E-state index contributed by atoms with van der Waals surface area (Å²) in [5, 5.41) is 17.7. The molecule has 1 unspecified atom stereocenters. The first kappa shape index (κ1) is 12.0. The van der Waals surface area contributed by atoms with E-state index in [9.17, 15) is 4.79 Å². The summed E-state index contributed by atoms with van der Waals surface area (Å²) in [4.78, 5) is 16.4. The first-order chi connectivity index (χ1) is 7.45. The average Bonchev–Trinajstić information content (AvgIpc) is 2.25. The number of carboxylic acid groups (broad SMARTS) is 1. The summed E-state index contributed by atoms with van der Waals surface area (Å²) < 4.78 is 0. The number of nitrogens with zero attached hydrogens (tertiary/aromatic N) is 3. The van der Waals surface area contributed by atoms with Crippen LogP contribution in [-0.2, 0) is 4.79 Å². The van der Waals surface area contributed by atoms with Crippen molar-refractivity contribution in [3.63, 3.8) is 0 Å². The second-order valence-electron chi connectivity index (χ2n) is 3.59. The lowest BCUT2D eigenvalue weighted by Gasteiger charge is -2.23. The third-order valence-corrected chi connectivity index (χ3v) is 2.40. The van der Waals surface area contributed by atoms with Crippen molar-refractivity contribution in [1.82, 2.24) is 4.98 Å². The van der Waals surface area contributed by atoms with Crippen LogP contribution in [-0.4, -0.2) is 29.1 Å². The highest BCUT2D eigenvalue weighted by molar-refractivity contribution is 5.77. The van der Waals surface area contributed by atoms with Crippen molar-refractivity contribution in [1.29, 1.82) is 5.26 Å². The molecule has 16 heavy (non-hydrogen) atoms. The van der Waals surface area contributed by atoms with Crippen LogP contribution in [0.2, 0.25) is 0 Å². The van der Waals surface area contributed by atoms with Gasteiger partial charge in [-0.2, -0.15) is 5.26 Å². The van der Waals surface area contributed by atoms with Crippen LogP contribution in [0.1, 0.15) is 18.3 Å². The summed E-state index contributed by atoms with van der Waals surface area (Å²) in [5.41, 5.74) is 1.66. The molecule has 5 nitrogen and oxygen atoms in total. The topological polar surface area (TPSA) is 77.2 Å². The van der Waals surface area contributed by atoms with Crippen LogP contribution >= 0.6 is 0 Å². The molecule has 0 spiro atoms. The zero-order valence-electron chi connectivity index (χ0n) is 9.43. The van der Waals surface area contributed by atoms with E-state index in [0.717, 1.165) is 0 Å². The molecule has 0 aliphatic rings. The fourth-order valence-electron chi connectivity index (χ4n) is 1.30. The fourth-order valence-corrected chi connectivity index (χ4v) is 1.30. The lowest BCUT2D eigenvalue weighted by molar-refractivity contribution is -0.138. The number of carboxylic acids is 1. The molecule has 0 bridgehead atoms. The number of rotatable bonds is 3. The molecule has 1 rings (SSSR count). The number of aryl methyl sites for hydroxylation is 1. The molecule has 0 aliphatic heterocycles. The Kier molecular flexibility index (Phi) is 3.46. The van der Waals surface area contributed by atoms with Crippen LogP contribution in [0.25, 0.3) is 0 Å². The van der Waals surface area contributed by atoms with Crippen LogP contribution in [0.5, 0.6) is 0 Å². The molecule has 0 saturated heterocycles. The number of carbonyl (C=O) groups is 1. The number of anilines is 1. The molecular formula is C11H13N3O2. The van der Waals surface area contributed by atoms with Gasteiger partial charge < -0.3 is 10.0 Å². The van der Waals surface area contributed by atoms with Crippen molar-refractivity contribution in [2.45, 2.75) is 19.9 Å². The third kappa shape index (κ3) is 2.48. The average molecular weight is 219 g/mol. The van der Waals surface area contributed by atoms with Gasteiger partial charge in [0.1, 0.15) is 17.8 Å². The van der Waals surface area contributed by atoms with Crippen molar-refractivity contribution in [3.05, 3.63) is 23.5 Å². The van der Waals surface area contributed by atoms with Crippen molar-refractivity contribution >= 4 is 11.7 Å². The SMILES string of the molecule is Cc1cc(N(C)C(C)C(=O)O)cc(C#N)n1. The van der Waals surface area contributed by atoms with E-state index in [0.29, 0.717) is 17.1 Å². The maximum Gasteiger partial charge on any atom is 0.326 e. The number of pyridine rings is 1. The molecule has 1 atom stereocenters. The van der Waals surface area contributed by atoms with Gasteiger partial charge in [-0.05, 0) is 26.0 Å². The molecular weight excluding hydrogens is 206 g/mol. The van der Waals surface area contributed by atoms with Crippen molar-refractivity contribution in [3.8, 4) is 6.07 Å². The molecule has 0 aromatic carbocycles. The van der Waals surface area contributed by atoms with Crippen molar-refractivity contribution in [2.75, 3.05) is 11.9 Å². The molecule has 1 aromatic rings. The third-order valence-electron chi connectivity index (χ3n) is 2.40. The van der Waals surface area contributed by atoms with Gasteiger partial charge in [0.2, 0.25) is 0 Å². The smallest absolute Gasteiger partial charge is 0.326 e. The van der Waals surface area contributed by atoms with Gasteiger partial charge in [-0.25, -0.2) is 9.78 Å². The Morgan fingerprint density at radius 3 is 2.75 bits per heavy atom. The quantitative estimate of drug-likeness (QED) is 0.825. The molecule has 5 heteroatoms. The van der Waals surface area contributed by atoms with Gasteiger partial charge in [-0.1, -0.05) is 0 Å². The highest BCUT2D eigenvalue weighted by Crippen LogP contribution is 2.17. The number of likely N-dealkylation sites (N-methyl/N-ethyl adjacent to an activating group) is 1. The highest BCUT2D eigenvalue weighted by Gasteiger charge is 2.17. The first-order valence-corrected chi connectivity index (χ1v) is 4.80. The lowest BCUT2D eigenvalue weighted by atomic mass is 10.2. The van der Waals surface area contributed by atoms with Crippen LogP contribution in [0.3, 0.4) is 0 Å². The van der Waals surface area contributed by atoms with Crippen LogP contribution < -0.4 is 4.90 Å². The van der Waals surface area contributed by atoms with Crippen LogP contribution in [0.15, 0.2) is 12.1 Å². The van der Waals surface area contributed by atoms with Gasteiger partial charge in [0, 0.05) is 18.4 Å². The Labute approximate surface area is 93.9 Å². The van der Waals surface area contributed by atoms with E-state index < -0.39 is 12.0 Å². The first-order valence-electron chi connectivity index (χ1n) is 4.80. The van der Waals surface area contributed by atoms with Gasteiger partial charge >= 0.3 is 5.97 Å². The number of hydrogen-bond donors (Lipinski definition) is 1. The second kappa shape index (κ2) is 4.62. The van der Waals surface area contributed by atoms with E-state index in [2.05, 4.69) is 4.98 Å². The van der Waals surface area contributed by atoms with Crippen molar-refractivity contribution in [2.24, 2.45) is 0 Å². The Hall–Kier alpha value is -2.09. The largest absolute Gasteiger partial charge is 0.480 e. The van der Waals surface area contributed by atoms with Gasteiger partial charge in [0.25, 0.3) is 0 Å². The van der Waals surface area contributed by atoms with E-state index in [4.69, 9.17) is 10.4 Å². The fraction of sp³-hybridized carbons (Fsp3) is 0.364. The highest BCUT2D eigenvalue weighted by atomic mass is 16.4. The Morgan fingerprint density at radius 1 is 1.62 bits per heavy atom. The van der Waals surface area contributed by atoms with Crippen LogP contribution in [0, 0.1) is 18.3 Å². The number of hydrogen-bond acceptors (Lipinski definition) is 4. The number of aromatic nitrogens is 1. The molecule has 0 saturated carbocycles. The van der Waals surface area contributed by atoms with E-state index in [1.807, 2.05) is 6.07 Å². The van der Waals surface area contributed by atoms with E-state index >= 15 is 0 Å². The minimum absolute atomic E-state index is 0.291. The molecule has 84 valence electrons. The van der Waals surface area contributed by atoms with Crippen molar-refractivity contribution < 1.29 is 9.90 Å². The Morgan fingerprint density at radius 2 is 2.25 bits per heavy atom. The van der Waals surface area contributed by atoms with Gasteiger partial charge in [-0.15, -0.1) is 0 Å². The summed E-state index contributed by atoms with van der Waals surface area (Å²) in [6.45, 7) is 3.35. The predicted octanol–water partition coefficient (Wildman–Crippen LogP) is 1.17. The molecule has 1 heterocycles. The maximum atomic E-state index is 10.8. The van der Waals surface area contributed by atoms with Gasteiger partial charge in [0.15, 0.2) is 0 Å². The monoisotopic (exact) mass is 219 g/mol. The van der Waals surface area contributed by atoms with Gasteiger partial charge in [-0.3, -0.25) is 0 Å². The molecule has 0 fully saturated rings. The molecule has 0 amide bonds. The summed E-state index contributed by atoms with van der Waals surface area (Å²) in [7, 11) is 1.68. The Bertz CT molecular complexity index is 451. The summed E-state index contributed by atoms with van der Waals surface area (Å²) >= 11 is 0. The lowest BCUT2D eigenvalue weighted by Crippen LogP contribution is -2.35. The van der Waals surface area contributed by atoms with E-state index in [-0.39, 0.29) is 0 Å². The molecule has 1 N–H and O–H groups in total. The summed E-state index contributed by atoms with van der Waals surface area (Å²) in [6.07, 6.45) is 0. The second-order valence-corrected chi connectivity index (χ2v) is 3.59. The zero-order valence-corrected chi connectivity index (χ0v) is 9.43. The minimum atomic E-state index is -0.907. The maximum absolute atomic E-state index is 10.8. The standard InChI is InChI=1S/C11H13N3O2/c1-7-4-10(5-9(6-12)13-7)14(3)8(2)11(15)16/h4-5,8H,1-3H3,(H,15,16).